The molecule has 1 aliphatic carbocycles. The molecule has 1 saturated carbocycles. The summed E-state index contributed by atoms with van der Waals surface area (Å²) in [6.45, 7) is 3.58. The van der Waals surface area contributed by atoms with Gasteiger partial charge in [-0.25, -0.2) is 9.59 Å². The van der Waals surface area contributed by atoms with Crippen LogP contribution in [0.1, 0.15) is 75.8 Å². The summed E-state index contributed by atoms with van der Waals surface area (Å²) in [5.74, 6) is -0.627. The van der Waals surface area contributed by atoms with Crippen molar-refractivity contribution in [1.82, 2.24) is 15.1 Å². The second-order valence-corrected chi connectivity index (χ2v) is 11.1. The molecule has 1 saturated heterocycles. The quantitative estimate of drug-likeness (QED) is 0.588. The van der Waals surface area contributed by atoms with Gasteiger partial charge in [0.15, 0.2) is 0 Å². The van der Waals surface area contributed by atoms with Crippen LogP contribution in [0.25, 0.3) is 0 Å². The molecule has 1 aromatic carbocycles. The molecule has 0 spiro atoms. The molecule has 3 heterocycles. The van der Waals surface area contributed by atoms with Gasteiger partial charge in [-0.15, -0.1) is 0 Å². The molecule has 39 heavy (non-hydrogen) atoms. The zero-order valence-corrected chi connectivity index (χ0v) is 22.8. The molecule has 1 aromatic rings. The molecule has 0 bridgehead atoms. The van der Waals surface area contributed by atoms with Crippen LogP contribution >= 0.6 is 0 Å². The van der Waals surface area contributed by atoms with E-state index in [4.69, 9.17) is 9.47 Å². The number of benzene rings is 1. The first-order valence-corrected chi connectivity index (χ1v) is 14.4. The first kappa shape index (κ1) is 27.2. The van der Waals surface area contributed by atoms with Gasteiger partial charge in [0.05, 0.1) is 6.61 Å². The van der Waals surface area contributed by atoms with Gasteiger partial charge in [-0.3, -0.25) is 9.59 Å². The second kappa shape index (κ2) is 11.8. The third-order valence-corrected chi connectivity index (χ3v) is 8.43. The van der Waals surface area contributed by atoms with Crippen LogP contribution in [0, 0.1) is 5.92 Å². The third-order valence-electron chi connectivity index (χ3n) is 8.43. The largest absolute Gasteiger partial charge is 0.464 e. The highest BCUT2D eigenvalue weighted by molar-refractivity contribution is 5.95. The fourth-order valence-electron chi connectivity index (χ4n) is 6.11. The van der Waals surface area contributed by atoms with E-state index in [9.17, 15) is 19.2 Å². The predicted molar refractivity (Wildman–Crippen MR) is 143 cm³/mol. The molecule has 3 aliphatic heterocycles. The number of rotatable bonds is 3. The van der Waals surface area contributed by atoms with Crippen LogP contribution in [-0.4, -0.2) is 65.0 Å². The molecular weight excluding hydrogens is 498 g/mol. The maximum Gasteiger partial charge on any atom is 0.415 e. The molecule has 4 aliphatic rings. The van der Waals surface area contributed by atoms with E-state index in [1.54, 1.807) is 16.7 Å². The number of ether oxygens (including phenoxy) is 2. The van der Waals surface area contributed by atoms with Crippen LogP contribution < -0.4 is 5.32 Å². The Morgan fingerprint density at radius 3 is 2.56 bits per heavy atom. The number of hydrogen-bond donors (Lipinski definition) is 1. The number of nitrogens with one attached hydrogen (secondary N) is 1. The van der Waals surface area contributed by atoms with E-state index in [-0.39, 0.29) is 24.3 Å². The lowest BCUT2D eigenvalue weighted by Gasteiger charge is -2.28. The van der Waals surface area contributed by atoms with E-state index in [1.807, 2.05) is 24.3 Å². The van der Waals surface area contributed by atoms with Crippen LogP contribution in [0.4, 0.5) is 4.79 Å². The highest BCUT2D eigenvalue weighted by Crippen LogP contribution is 2.47. The van der Waals surface area contributed by atoms with Crippen molar-refractivity contribution in [3.63, 3.8) is 0 Å². The van der Waals surface area contributed by atoms with Gasteiger partial charge in [-0.1, -0.05) is 37.1 Å². The van der Waals surface area contributed by atoms with Gasteiger partial charge < -0.3 is 24.6 Å². The lowest BCUT2D eigenvalue weighted by molar-refractivity contribution is -0.150. The number of nitrogens with zero attached hydrogens (tertiary/aromatic N) is 2. The van der Waals surface area contributed by atoms with E-state index in [2.05, 4.69) is 11.4 Å². The molecule has 210 valence electrons. The molecule has 5 rings (SSSR count). The van der Waals surface area contributed by atoms with E-state index < -0.39 is 23.6 Å². The molecule has 3 atom stereocenters. The Balaban J connectivity index is 1.35. The van der Waals surface area contributed by atoms with Gasteiger partial charge in [-0.05, 0) is 62.7 Å². The van der Waals surface area contributed by atoms with E-state index >= 15 is 0 Å². The average Bonchev–Trinajstić information content (AvgIpc) is 3.38. The summed E-state index contributed by atoms with van der Waals surface area (Å²) in [6, 6.07) is 7.55. The van der Waals surface area contributed by atoms with E-state index in [0.29, 0.717) is 51.1 Å². The van der Waals surface area contributed by atoms with Crippen molar-refractivity contribution in [2.75, 3.05) is 19.7 Å². The molecule has 1 N–H and O–H groups in total. The topological polar surface area (TPSA) is 105 Å². The summed E-state index contributed by atoms with van der Waals surface area (Å²) in [5.41, 5.74) is 1.17. The number of carbonyl (C=O) groups excluding carboxylic acids is 4. The fraction of sp³-hybridized carbons (Fsp3) is 0.600. The van der Waals surface area contributed by atoms with Gasteiger partial charge in [0.25, 0.3) is 0 Å². The summed E-state index contributed by atoms with van der Waals surface area (Å²) >= 11 is 0. The molecular formula is C30H39N3O6. The minimum atomic E-state index is -1.20. The first-order chi connectivity index (χ1) is 18.9. The fourth-order valence-corrected chi connectivity index (χ4v) is 6.11. The molecule has 3 unspecified atom stereocenters. The minimum Gasteiger partial charge on any atom is -0.464 e. The van der Waals surface area contributed by atoms with E-state index in [1.165, 1.54) is 5.56 Å². The van der Waals surface area contributed by atoms with Crippen LogP contribution in [0.2, 0.25) is 0 Å². The molecule has 0 aromatic heterocycles. The van der Waals surface area contributed by atoms with Gasteiger partial charge >= 0.3 is 12.1 Å². The van der Waals surface area contributed by atoms with Crippen molar-refractivity contribution in [1.29, 1.82) is 0 Å². The Labute approximate surface area is 229 Å². The standard InChI is InChI=1S/C30H39N3O6/c1-2-38-28(36)30-19-23(30)18-24(39-29(37)32-17-15-21-10-7-8-11-22(21)20-32)12-5-3-4-6-14-26(34)33-16-9-13-25(33)27(35)31-30/h7-8,10-11,18,23,25H,2-6,9,12-17,19-20H2,1H3,(H,31,35). The molecule has 9 nitrogen and oxygen atoms in total. The summed E-state index contributed by atoms with van der Waals surface area (Å²) in [6.07, 6.45) is 8.23. The second-order valence-electron chi connectivity index (χ2n) is 11.1. The van der Waals surface area contributed by atoms with Crippen molar-refractivity contribution in [2.45, 2.75) is 89.3 Å². The summed E-state index contributed by atoms with van der Waals surface area (Å²) in [5, 5.41) is 2.96. The lowest BCUT2D eigenvalue weighted by Crippen LogP contribution is -2.53. The van der Waals surface area contributed by atoms with Gasteiger partial charge in [0.2, 0.25) is 11.8 Å². The number of hydrogen-bond acceptors (Lipinski definition) is 6. The Kier molecular flexibility index (Phi) is 8.23. The Morgan fingerprint density at radius 1 is 1.00 bits per heavy atom. The average molecular weight is 538 g/mol. The summed E-state index contributed by atoms with van der Waals surface area (Å²) in [7, 11) is 0. The normalized spacial score (nSPS) is 27.6. The maximum atomic E-state index is 13.4. The number of fused-ring (bicyclic) bond motifs is 3. The van der Waals surface area contributed by atoms with Crippen LogP contribution in [0.5, 0.6) is 0 Å². The number of esters is 1. The van der Waals surface area contributed by atoms with Crippen molar-refractivity contribution in [3.8, 4) is 0 Å². The van der Waals surface area contributed by atoms with Crippen molar-refractivity contribution >= 4 is 23.9 Å². The Morgan fingerprint density at radius 2 is 1.77 bits per heavy atom. The molecule has 3 amide bonds. The molecule has 9 heteroatoms. The maximum absolute atomic E-state index is 13.4. The number of allylic oxidation sites excluding steroid dienone is 1. The summed E-state index contributed by atoms with van der Waals surface area (Å²) in [4.78, 5) is 55.9. The highest BCUT2D eigenvalue weighted by atomic mass is 16.6. The Hall–Kier alpha value is -3.36. The first-order valence-electron chi connectivity index (χ1n) is 14.4. The predicted octanol–water partition coefficient (Wildman–Crippen LogP) is 3.85. The molecule has 2 fully saturated rings. The number of amides is 3. The smallest absolute Gasteiger partial charge is 0.415 e. The van der Waals surface area contributed by atoms with Crippen molar-refractivity contribution in [2.24, 2.45) is 5.92 Å². The van der Waals surface area contributed by atoms with Gasteiger partial charge in [0.1, 0.15) is 17.3 Å². The molecule has 0 radical (unpaired) electrons. The van der Waals surface area contributed by atoms with Crippen LogP contribution in [-0.2, 0) is 36.8 Å². The highest BCUT2D eigenvalue weighted by Gasteiger charge is 2.62. The van der Waals surface area contributed by atoms with Gasteiger partial charge in [-0.2, -0.15) is 0 Å². The lowest BCUT2D eigenvalue weighted by atomic mass is 10.0. The van der Waals surface area contributed by atoms with Crippen molar-refractivity contribution in [3.05, 3.63) is 47.2 Å². The number of carbonyl (C=O) groups is 4. The Bertz CT molecular complexity index is 1150. The van der Waals surface area contributed by atoms with Gasteiger partial charge in [0, 0.05) is 38.4 Å². The van der Waals surface area contributed by atoms with Crippen LogP contribution in [0.3, 0.4) is 0 Å². The van der Waals surface area contributed by atoms with Crippen molar-refractivity contribution < 1.29 is 28.7 Å². The van der Waals surface area contributed by atoms with E-state index in [0.717, 1.165) is 44.1 Å². The van der Waals surface area contributed by atoms with Crippen LogP contribution in [0.15, 0.2) is 36.1 Å². The zero-order chi connectivity index (χ0) is 27.4. The minimum absolute atomic E-state index is 0.00379. The third kappa shape index (κ3) is 5.97. The zero-order valence-electron chi connectivity index (χ0n) is 22.8. The SMILES string of the molecule is CCOC(=O)C12CC1C=C(OC(=O)N1CCc3ccccc3C1)CCCCCCC(=O)N1CCCC1C(=O)N2. The monoisotopic (exact) mass is 537 g/mol. The summed E-state index contributed by atoms with van der Waals surface area (Å²) < 4.78 is 11.3.